The lowest BCUT2D eigenvalue weighted by atomic mass is 10.3. The average Bonchev–Trinajstić information content (AvgIpc) is 2.26. The summed E-state index contributed by atoms with van der Waals surface area (Å²) in [6.07, 6.45) is 0. The fourth-order valence-electron chi connectivity index (χ4n) is 1.12. The molecule has 1 amide bonds. The summed E-state index contributed by atoms with van der Waals surface area (Å²) >= 11 is 5.34. The SMILES string of the molecule is CC(=O)Nc1ccc(S(=O)(=O)OCCCl)cc1. The van der Waals surface area contributed by atoms with Gasteiger partial charge >= 0.3 is 0 Å². The van der Waals surface area contributed by atoms with Crippen LogP contribution in [-0.4, -0.2) is 26.8 Å². The highest BCUT2D eigenvalue weighted by atomic mass is 35.5. The van der Waals surface area contributed by atoms with Gasteiger partial charge in [0.1, 0.15) is 0 Å². The smallest absolute Gasteiger partial charge is 0.297 e. The lowest BCUT2D eigenvalue weighted by Crippen LogP contribution is -2.09. The first-order valence-corrected chi connectivity index (χ1v) is 6.73. The van der Waals surface area contributed by atoms with Gasteiger partial charge in [-0.2, -0.15) is 8.42 Å². The molecular formula is C10H12ClNO4S. The molecule has 1 rings (SSSR count). The summed E-state index contributed by atoms with van der Waals surface area (Å²) in [4.78, 5) is 10.8. The molecule has 0 unspecified atom stereocenters. The molecule has 1 aromatic carbocycles. The van der Waals surface area contributed by atoms with E-state index in [9.17, 15) is 13.2 Å². The van der Waals surface area contributed by atoms with Crippen LogP contribution < -0.4 is 5.32 Å². The van der Waals surface area contributed by atoms with Gasteiger partial charge in [0, 0.05) is 18.5 Å². The molecule has 17 heavy (non-hydrogen) atoms. The maximum Gasteiger partial charge on any atom is 0.297 e. The van der Waals surface area contributed by atoms with E-state index < -0.39 is 10.1 Å². The maximum absolute atomic E-state index is 11.6. The van der Waals surface area contributed by atoms with Crippen molar-refractivity contribution in [2.24, 2.45) is 0 Å². The van der Waals surface area contributed by atoms with Crippen molar-refractivity contribution in [2.45, 2.75) is 11.8 Å². The molecule has 0 saturated heterocycles. The van der Waals surface area contributed by atoms with E-state index in [1.807, 2.05) is 0 Å². The minimum Gasteiger partial charge on any atom is -0.326 e. The minimum atomic E-state index is -3.76. The fourth-order valence-corrected chi connectivity index (χ4v) is 2.19. The van der Waals surface area contributed by atoms with Crippen molar-refractivity contribution >= 4 is 33.3 Å². The Morgan fingerprint density at radius 3 is 2.41 bits per heavy atom. The van der Waals surface area contributed by atoms with Crippen molar-refractivity contribution in [3.8, 4) is 0 Å². The highest BCUT2D eigenvalue weighted by Crippen LogP contribution is 2.16. The van der Waals surface area contributed by atoms with E-state index in [-0.39, 0.29) is 23.3 Å². The molecule has 0 atom stereocenters. The summed E-state index contributed by atoms with van der Waals surface area (Å²) < 4.78 is 27.8. The van der Waals surface area contributed by atoms with Crippen LogP contribution in [0, 0.1) is 0 Å². The molecule has 0 bridgehead atoms. The van der Waals surface area contributed by atoms with E-state index >= 15 is 0 Å². The van der Waals surface area contributed by atoms with Crippen LogP contribution in [0.25, 0.3) is 0 Å². The maximum atomic E-state index is 11.6. The second kappa shape index (κ2) is 6.00. The number of carbonyl (C=O) groups is 1. The van der Waals surface area contributed by atoms with Gasteiger partial charge in [0.15, 0.2) is 0 Å². The highest BCUT2D eigenvalue weighted by Gasteiger charge is 2.14. The monoisotopic (exact) mass is 277 g/mol. The standard InChI is InChI=1S/C10H12ClNO4S/c1-8(13)12-9-2-4-10(5-3-9)17(14,15)16-7-6-11/h2-5H,6-7H2,1H3,(H,12,13). The van der Waals surface area contributed by atoms with E-state index in [0.717, 1.165) is 0 Å². The summed E-state index contributed by atoms with van der Waals surface area (Å²) in [7, 11) is -3.76. The van der Waals surface area contributed by atoms with Crippen LogP contribution in [0.5, 0.6) is 0 Å². The van der Waals surface area contributed by atoms with Crippen LogP contribution in [0.3, 0.4) is 0 Å². The van der Waals surface area contributed by atoms with Crippen molar-refractivity contribution < 1.29 is 17.4 Å². The lowest BCUT2D eigenvalue weighted by molar-refractivity contribution is -0.114. The molecular weight excluding hydrogens is 266 g/mol. The Hall–Kier alpha value is -1.11. The number of benzene rings is 1. The van der Waals surface area contributed by atoms with Crippen molar-refractivity contribution in [1.82, 2.24) is 0 Å². The van der Waals surface area contributed by atoms with Crippen LogP contribution in [0.2, 0.25) is 0 Å². The molecule has 0 aliphatic rings. The third-order valence-corrected chi connectivity index (χ3v) is 3.26. The summed E-state index contributed by atoms with van der Waals surface area (Å²) in [6.45, 7) is 1.30. The predicted molar refractivity (Wildman–Crippen MR) is 64.6 cm³/mol. The zero-order valence-electron chi connectivity index (χ0n) is 9.14. The highest BCUT2D eigenvalue weighted by molar-refractivity contribution is 7.86. The third-order valence-electron chi connectivity index (χ3n) is 1.78. The molecule has 0 aliphatic heterocycles. The van der Waals surface area contributed by atoms with Gasteiger partial charge in [0.25, 0.3) is 10.1 Å². The molecule has 0 heterocycles. The number of rotatable bonds is 5. The van der Waals surface area contributed by atoms with Gasteiger partial charge in [0.2, 0.25) is 5.91 Å². The van der Waals surface area contributed by atoms with Crippen LogP contribution in [0.15, 0.2) is 29.2 Å². The number of carbonyl (C=O) groups excluding carboxylic acids is 1. The van der Waals surface area contributed by atoms with Gasteiger partial charge in [-0.25, -0.2) is 0 Å². The quantitative estimate of drug-likeness (QED) is 0.655. The molecule has 1 aromatic rings. The molecule has 1 N–H and O–H groups in total. The normalized spacial score (nSPS) is 11.2. The summed E-state index contributed by atoms with van der Waals surface area (Å²) in [5, 5.41) is 2.53. The Kier molecular flexibility index (Phi) is 4.92. The van der Waals surface area contributed by atoms with Gasteiger partial charge in [0.05, 0.1) is 11.5 Å². The summed E-state index contributed by atoms with van der Waals surface area (Å²) in [5.74, 6) is -0.123. The number of hydrogen-bond acceptors (Lipinski definition) is 4. The van der Waals surface area contributed by atoms with Gasteiger partial charge < -0.3 is 5.32 Å². The van der Waals surface area contributed by atoms with E-state index in [2.05, 4.69) is 9.50 Å². The Bertz CT molecular complexity index is 484. The Balaban J connectivity index is 2.83. The first-order chi connectivity index (χ1) is 7.95. The number of halogens is 1. The zero-order chi connectivity index (χ0) is 12.9. The third kappa shape index (κ3) is 4.33. The van der Waals surface area contributed by atoms with Crippen LogP contribution in [-0.2, 0) is 19.1 Å². The van der Waals surface area contributed by atoms with Crippen molar-refractivity contribution in [3.05, 3.63) is 24.3 Å². The van der Waals surface area contributed by atoms with Gasteiger partial charge in [-0.1, -0.05) is 0 Å². The topological polar surface area (TPSA) is 72.5 Å². The Labute approximate surface area is 105 Å². The van der Waals surface area contributed by atoms with Crippen LogP contribution in [0.4, 0.5) is 5.69 Å². The van der Waals surface area contributed by atoms with E-state index in [0.29, 0.717) is 5.69 Å². The summed E-state index contributed by atoms with van der Waals surface area (Å²) in [6, 6.07) is 5.68. The molecule has 0 spiro atoms. The number of alkyl halides is 1. The molecule has 5 nitrogen and oxygen atoms in total. The Morgan fingerprint density at radius 1 is 1.35 bits per heavy atom. The van der Waals surface area contributed by atoms with Gasteiger partial charge in [-0.15, -0.1) is 11.6 Å². The second-order valence-corrected chi connectivity index (χ2v) is 5.16. The molecule has 0 aromatic heterocycles. The molecule has 0 saturated carbocycles. The first-order valence-electron chi connectivity index (χ1n) is 4.79. The Morgan fingerprint density at radius 2 is 1.94 bits per heavy atom. The summed E-state index contributed by atoms with van der Waals surface area (Å²) in [5.41, 5.74) is 0.522. The molecule has 94 valence electrons. The van der Waals surface area contributed by atoms with Gasteiger partial charge in [-0.3, -0.25) is 8.98 Å². The number of anilines is 1. The number of nitrogens with one attached hydrogen (secondary N) is 1. The van der Waals surface area contributed by atoms with E-state index in [4.69, 9.17) is 11.6 Å². The molecule has 0 fully saturated rings. The van der Waals surface area contributed by atoms with Crippen molar-refractivity contribution in [1.29, 1.82) is 0 Å². The van der Waals surface area contributed by atoms with E-state index in [1.54, 1.807) is 0 Å². The average molecular weight is 278 g/mol. The van der Waals surface area contributed by atoms with Crippen LogP contribution in [0.1, 0.15) is 6.92 Å². The largest absolute Gasteiger partial charge is 0.326 e. The first kappa shape index (κ1) is 14.0. The molecule has 0 radical (unpaired) electrons. The van der Waals surface area contributed by atoms with Crippen molar-refractivity contribution in [3.63, 3.8) is 0 Å². The van der Waals surface area contributed by atoms with Crippen LogP contribution >= 0.6 is 11.6 Å². The lowest BCUT2D eigenvalue weighted by Gasteiger charge is -2.05. The zero-order valence-corrected chi connectivity index (χ0v) is 10.7. The predicted octanol–water partition coefficient (Wildman–Crippen LogP) is 1.59. The fraction of sp³-hybridized carbons (Fsp3) is 0.300. The van der Waals surface area contributed by atoms with E-state index in [1.165, 1.54) is 31.2 Å². The minimum absolute atomic E-state index is 0.0247. The molecule has 0 aliphatic carbocycles. The van der Waals surface area contributed by atoms with Crippen molar-refractivity contribution in [2.75, 3.05) is 17.8 Å². The van der Waals surface area contributed by atoms with Gasteiger partial charge in [-0.05, 0) is 24.3 Å². The second-order valence-electron chi connectivity index (χ2n) is 3.17. The number of amides is 1. The molecule has 7 heteroatoms. The number of hydrogen-bond donors (Lipinski definition) is 1.